The number of nitrogens with one attached hydrogen (secondary N) is 1. The Hall–Kier alpha value is -3.47. The third-order valence-electron chi connectivity index (χ3n) is 8.05. The molecule has 18 heteroatoms. The Morgan fingerprint density at radius 3 is 2.45 bits per heavy atom. The van der Waals surface area contributed by atoms with Gasteiger partial charge in [0.25, 0.3) is 17.2 Å². The number of non-ortho nitro benzene ring substituents is 1. The summed E-state index contributed by atoms with van der Waals surface area (Å²) in [4.78, 5) is 71.5. The molecule has 4 heterocycles. The van der Waals surface area contributed by atoms with Crippen molar-refractivity contribution in [3.8, 4) is 0 Å². The third-order valence-corrected chi connectivity index (χ3v) is 11.2. The fourth-order valence-corrected chi connectivity index (χ4v) is 8.53. The summed E-state index contributed by atoms with van der Waals surface area (Å²) < 4.78 is -1.86. The van der Waals surface area contributed by atoms with Gasteiger partial charge < -0.3 is 15.3 Å². The highest BCUT2D eigenvalue weighted by Gasteiger charge is 2.54. The number of halogens is 3. The lowest BCUT2D eigenvalue weighted by molar-refractivity contribution is -0.382. The number of carbonyl (C=O) groups is 3. The fraction of sp³-hybridized carbons (Fsp3) is 0.345. The molecule has 1 unspecified atom stereocenters. The van der Waals surface area contributed by atoms with Gasteiger partial charge in [-0.25, -0.2) is 4.79 Å². The van der Waals surface area contributed by atoms with Gasteiger partial charge >= 0.3 is 5.97 Å². The number of aromatic nitrogens is 1. The summed E-state index contributed by atoms with van der Waals surface area (Å²) in [6.45, 7) is 2.09. The van der Waals surface area contributed by atoms with Crippen LogP contribution in [0.4, 0.5) is 10.8 Å². The SMILES string of the molecule is O=C(Cc1ccccc1)N[C@@H]1C(=O)N2C(C(=O)O)=C(CN3CCN(c4nc(=O)c5cc(C(Cl)(Cl)Cl)cc([N+](=O)[O-])c5s4)CC3)CSC12. The Kier molecular flexibility index (Phi) is 9.39. The molecule has 6 rings (SSSR count). The molecule has 0 aliphatic carbocycles. The number of fused-ring (bicyclic) bond motifs is 2. The number of aliphatic carboxylic acids is 1. The molecular weight excluding hydrogens is 715 g/mol. The monoisotopic (exact) mass is 738 g/mol. The van der Waals surface area contributed by atoms with Gasteiger partial charge in [0.15, 0.2) is 5.13 Å². The zero-order valence-corrected chi connectivity index (χ0v) is 28.1. The Bertz CT molecular complexity index is 1880. The molecule has 1 aromatic heterocycles. The normalized spacial score (nSPS) is 20.2. The average molecular weight is 740 g/mol. The number of hydrogen-bond donors (Lipinski definition) is 2. The molecule has 2 atom stereocenters. The summed E-state index contributed by atoms with van der Waals surface area (Å²) in [7, 11) is 0. The Balaban J connectivity index is 1.13. The number of nitro groups is 1. The predicted molar refractivity (Wildman–Crippen MR) is 180 cm³/mol. The summed E-state index contributed by atoms with van der Waals surface area (Å²) in [6.07, 6.45) is 0.112. The second-order valence-electron chi connectivity index (χ2n) is 11.1. The molecule has 13 nitrogen and oxygen atoms in total. The van der Waals surface area contributed by atoms with E-state index in [1.807, 2.05) is 40.1 Å². The number of rotatable bonds is 8. The number of nitro benzene ring substituents is 1. The van der Waals surface area contributed by atoms with Gasteiger partial charge in [0.05, 0.1) is 16.7 Å². The fourth-order valence-electron chi connectivity index (χ4n) is 5.75. The molecule has 3 aromatic rings. The van der Waals surface area contributed by atoms with Gasteiger partial charge in [-0.1, -0.05) is 76.5 Å². The van der Waals surface area contributed by atoms with Crippen LogP contribution in [0.25, 0.3) is 10.1 Å². The Morgan fingerprint density at radius 1 is 1.11 bits per heavy atom. The largest absolute Gasteiger partial charge is 0.477 e. The molecule has 2 fully saturated rings. The highest BCUT2D eigenvalue weighted by molar-refractivity contribution is 8.00. The first kappa shape index (κ1) is 33.4. The van der Waals surface area contributed by atoms with E-state index in [1.54, 1.807) is 0 Å². The van der Waals surface area contributed by atoms with Crippen molar-refractivity contribution in [3.63, 3.8) is 0 Å². The van der Waals surface area contributed by atoms with Crippen LogP contribution in [0.1, 0.15) is 11.1 Å². The third kappa shape index (κ3) is 6.78. The zero-order valence-electron chi connectivity index (χ0n) is 24.2. The van der Waals surface area contributed by atoms with E-state index in [9.17, 15) is 34.4 Å². The van der Waals surface area contributed by atoms with Crippen LogP contribution in [0.15, 0.2) is 58.5 Å². The molecule has 47 heavy (non-hydrogen) atoms. The quantitative estimate of drug-likeness (QED) is 0.150. The lowest BCUT2D eigenvalue weighted by Gasteiger charge is -2.50. The molecule has 0 bridgehead atoms. The molecule has 2 saturated heterocycles. The number of anilines is 1. The summed E-state index contributed by atoms with van der Waals surface area (Å²) in [5, 5.41) is 24.5. The first-order valence-electron chi connectivity index (χ1n) is 14.2. The number of carbonyl (C=O) groups excluding carboxylic acids is 2. The van der Waals surface area contributed by atoms with Crippen molar-refractivity contribution in [1.82, 2.24) is 20.1 Å². The highest BCUT2D eigenvalue weighted by atomic mass is 35.6. The summed E-state index contributed by atoms with van der Waals surface area (Å²) in [5.41, 5.74) is 0.261. The Morgan fingerprint density at radius 2 is 1.81 bits per heavy atom. The van der Waals surface area contributed by atoms with Crippen molar-refractivity contribution in [2.24, 2.45) is 0 Å². The number of benzene rings is 2. The van der Waals surface area contributed by atoms with Crippen molar-refractivity contribution >= 4 is 96.6 Å². The molecule has 0 saturated carbocycles. The van der Waals surface area contributed by atoms with Crippen LogP contribution >= 0.6 is 57.9 Å². The maximum Gasteiger partial charge on any atom is 0.352 e. The van der Waals surface area contributed by atoms with Crippen LogP contribution in [0.3, 0.4) is 0 Å². The van der Waals surface area contributed by atoms with Gasteiger partial charge in [0, 0.05) is 50.1 Å². The van der Waals surface area contributed by atoms with E-state index >= 15 is 0 Å². The van der Waals surface area contributed by atoms with Crippen molar-refractivity contribution in [1.29, 1.82) is 0 Å². The van der Waals surface area contributed by atoms with Crippen molar-refractivity contribution in [3.05, 3.63) is 85.3 Å². The van der Waals surface area contributed by atoms with Crippen LogP contribution < -0.4 is 15.8 Å². The van der Waals surface area contributed by atoms with Crippen molar-refractivity contribution < 1.29 is 24.4 Å². The summed E-state index contributed by atoms with van der Waals surface area (Å²) >= 11 is 20.2. The number of thioether (sulfide) groups is 1. The number of carboxylic acids is 1. The molecule has 246 valence electrons. The van der Waals surface area contributed by atoms with Crippen LogP contribution in [-0.2, 0) is 24.6 Å². The lowest BCUT2D eigenvalue weighted by Crippen LogP contribution is -2.70. The van der Waals surface area contributed by atoms with Gasteiger partial charge in [0.1, 0.15) is 21.8 Å². The number of carboxylic acid groups (broad SMARTS) is 1. The number of β-lactam (4-membered cyclic amide) rings is 1. The lowest BCUT2D eigenvalue weighted by atomic mass is 10.0. The van der Waals surface area contributed by atoms with Gasteiger partial charge in [-0.05, 0) is 17.2 Å². The van der Waals surface area contributed by atoms with Crippen LogP contribution in [0.2, 0.25) is 0 Å². The van der Waals surface area contributed by atoms with Crippen molar-refractivity contribution in [2.75, 3.05) is 43.4 Å². The smallest absolute Gasteiger partial charge is 0.352 e. The maximum absolute atomic E-state index is 13.1. The minimum atomic E-state index is -1.97. The van der Waals surface area contributed by atoms with Crippen LogP contribution in [0.5, 0.6) is 0 Å². The minimum Gasteiger partial charge on any atom is -0.477 e. The second kappa shape index (κ2) is 13.2. The highest BCUT2D eigenvalue weighted by Crippen LogP contribution is 2.43. The summed E-state index contributed by atoms with van der Waals surface area (Å²) in [6, 6.07) is 10.8. The number of nitrogens with zero attached hydrogens (tertiary/aromatic N) is 5. The molecule has 2 aromatic carbocycles. The molecule has 3 aliphatic heterocycles. The van der Waals surface area contributed by atoms with Crippen LogP contribution in [-0.4, -0.2) is 92.5 Å². The van der Waals surface area contributed by atoms with E-state index in [2.05, 4.69) is 10.3 Å². The number of alkyl halides is 3. The van der Waals surface area contributed by atoms with Gasteiger partial charge in [-0.3, -0.25) is 34.3 Å². The first-order valence-corrected chi connectivity index (χ1v) is 17.2. The van der Waals surface area contributed by atoms with E-state index < -0.39 is 37.6 Å². The van der Waals surface area contributed by atoms with Crippen LogP contribution in [0, 0.1) is 10.1 Å². The van der Waals surface area contributed by atoms with Gasteiger partial charge in [-0.15, -0.1) is 11.8 Å². The van der Waals surface area contributed by atoms with Crippen molar-refractivity contribution in [2.45, 2.75) is 21.6 Å². The van der Waals surface area contributed by atoms with E-state index in [4.69, 9.17) is 34.8 Å². The maximum atomic E-state index is 13.1. The summed E-state index contributed by atoms with van der Waals surface area (Å²) in [5.74, 6) is -1.62. The predicted octanol–water partition coefficient (Wildman–Crippen LogP) is 3.49. The van der Waals surface area contributed by atoms with E-state index in [0.717, 1.165) is 23.0 Å². The molecule has 2 amide bonds. The van der Waals surface area contributed by atoms with Gasteiger partial charge in [0.2, 0.25) is 9.70 Å². The van der Waals surface area contributed by atoms with Gasteiger partial charge in [-0.2, -0.15) is 4.98 Å². The minimum absolute atomic E-state index is 0.0142. The first-order chi connectivity index (χ1) is 22.3. The topological polar surface area (TPSA) is 166 Å². The zero-order chi connectivity index (χ0) is 33.6. The molecule has 0 spiro atoms. The number of hydrogen-bond acceptors (Lipinski definition) is 11. The molecule has 2 N–H and O–H groups in total. The molecular formula is C29H25Cl3N6O7S2. The molecule has 0 radical (unpaired) electrons. The standard InChI is InChI=1S/C29H25Cl3N6O7S2/c30-29(31,32)17-11-18-23(19(12-17)38(44)45)47-28(34-24(18)40)36-8-6-35(7-9-36)13-16-14-46-26-21(25(41)37(26)22(16)27(42)43)33-20(39)10-15-4-2-1-3-5-15/h1-5,11-12,21,26H,6-10,13-14H2,(H,33,39)(H,42,43)/t21-,26?/m1/s1. The van der Waals surface area contributed by atoms with E-state index in [1.165, 1.54) is 22.7 Å². The van der Waals surface area contributed by atoms with E-state index in [0.29, 0.717) is 49.2 Å². The number of amides is 2. The number of piperazine rings is 1. The second-order valence-corrected chi connectivity index (χ2v) is 15.4. The molecule has 3 aliphatic rings. The van der Waals surface area contributed by atoms with E-state index in [-0.39, 0.29) is 39.4 Å². The average Bonchev–Trinajstić information content (AvgIpc) is 3.03. The Labute approximate surface area is 290 Å².